The van der Waals surface area contributed by atoms with Crippen LogP contribution in [0, 0.1) is 6.92 Å². The van der Waals surface area contributed by atoms with E-state index in [1.165, 1.54) is 11.3 Å². The second kappa shape index (κ2) is 6.46. The topological polar surface area (TPSA) is 64.2 Å². The van der Waals surface area contributed by atoms with Gasteiger partial charge < -0.3 is 14.3 Å². The lowest BCUT2D eigenvalue weighted by molar-refractivity contribution is 0.0952. The molecule has 0 radical (unpaired) electrons. The van der Waals surface area contributed by atoms with Crippen LogP contribution in [0.4, 0.5) is 0 Å². The second-order valence-corrected chi connectivity index (χ2v) is 7.17. The molecule has 4 rings (SSSR count). The number of furan rings is 1. The van der Waals surface area contributed by atoms with Crippen molar-refractivity contribution in [3.63, 3.8) is 0 Å². The van der Waals surface area contributed by atoms with Gasteiger partial charge in [0.05, 0.1) is 22.3 Å². The van der Waals surface area contributed by atoms with Gasteiger partial charge in [-0.25, -0.2) is 0 Å². The third-order valence-corrected chi connectivity index (χ3v) is 5.57. The Morgan fingerprint density at radius 2 is 2.00 bits per heavy atom. The third-order valence-electron chi connectivity index (χ3n) is 4.41. The fourth-order valence-corrected chi connectivity index (χ4v) is 4.27. The number of pyridine rings is 1. The van der Waals surface area contributed by atoms with Crippen LogP contribution < -0.4 is 10.9 Å². The maximum atomic E-state index is 12.8. The molecule has 4 aromatic rings. The quantitative estimate of drug-likeness (QED) is 0.592. The maximum Gasteiger partial charge on any atom is 0.261 e. The van der Waals surface area contributed by atoms with Crippen LogP contribution in [0.1, 0.15) is 28.1 Å². The number of fused-ring (bicyclic) bond motifs is 3. The minimum absolute atomic E-state index is 0.0573. The fraction of sp³-hybridized carbons (Fsp3) is 0.200. The summed E-state index contributed by atoms with van der Waals surface area (Å²) in [6.45, 7) is 4.72. The van der Waals surface area contributed by atoms with Crippen molar-refractivity contribution in [2.45, 2.75) is 26.9 Å². The van der Waals surface area contributed by atoms with Gasteiger partial charge in [-0.3, -0.25) is 9.59 Å². The number of nitrogens with zero attached hydrogens (tertiary/aromatic N) is 1. The molecule has 0 fully saturated rings. The molecule has 0 atom stereocenters. The molecule has 132 valence electrons. The Kier molecular flexibility index (Phi) is 4.12. The fourth-order valence-electron chi connectivity index (χ4n) is 3.17. The summed E-state index contributed by atoms with van der Waals surface area (Å²) in [5, 5.41) is 4.44. The Balaban J connectivity index is 1.75. The van der Waals surface area contributed by atoms with Crippen molar-refractivity contribution in [3.8, 4) is 0 Å². The van der Waals surface area contributed by atoms with Gasteiger partial charge in [0.15, 0.2) is 0 Å². The number of para-hydroxylation sites is 1. The lowest BCUT2D eigenvalue weighted by Gasteiger charge is -2.08. The molecule has 1 aromatic carbocycles. The standard InChI is InChI=1S/C20H18N2O3S/c1-3-22-16-7-5-4-6-14(16)18-15(20(22)24)10-17(26-18)19(23)21-11-13-9-8-12(2)25-13/h4-10H,3,11H2,1-2H3,(H,21,23). The molecule has 0 bridgehead atoms. The number of hydrogen-bond acceptors (Lipinski definition) is 4. The molecule has 0 aliphatic heterocycles. The molecule has 26 heavy (non-hydrogen) atoms. The largest absolute Gasteiger partial charge is 0.465 e. The summed E-state index contributed by atoms with van der Waals surface area (Å²) in [4.78, 5) is 25.9. The summed E-state index contributed by atoms with van der Waals surface area (Å²) in [5.74, 6) is 1.31. The van der Waals surface area contributed by atoms with Crippen LogP contribution in [0.25, 0.3) is 21.0 Å². The van der Waals surface area contributed by atoms with Crippen molar-refractivity contribution < 1.29 is 9.21 Å². The zero-order chi connectivity index (χ0) is 18.3. The number of amides is 1. The van der Waals surface area contributed by atoms with E-state index in [9.17, 15) is 9.59 Å². The number of rotatable bonds is 4. The normalized spacial score (nSPS) is 11.3. The van der Waals surface area contributed by atoms with Gasteiger partial charge in [0, 0.05) is 16.6 Å². The van der Waals surface area contributed by atoms with E-state index in [0.717, 1.165) is 21.4 Å². The summed E-state index contributed by atoms with van der Waals surface area (Å²) in [7, 11) is 0. The van der Waals surface area contributed by atoms with Crippen LogP contribution in [0.3, 0.4) is 0 Å². The summed E-state index contributed by atoms with van der Waals surface area (Å²) < 4.78 is 8.07. The molecule has 0 saturated carbocycles. The predicted octanol–water partition coefficient (Wildman–Crippen LogP) is 4.07. The molecule has 0 aliphatic carbocycles. The molecule has 6 heteroatoms. The number of carbonyl (C=O) groups excluding carboxylic acids is 1. The van der Waals surface area contributed by atoms with E-state index in [2.05, 4.69) is 5.32 Å². The molecule has 5 nitrogen and oxygen atoms in total. The SMILES string of the molecule is CCn1c(=O)c2cc(C(=O)NCc3ccc(C)o3)sc2c2ccccc21. The highest BCUT2D eigenvalue weighted by Crippen LogP contribution is 2.30. The number of thiophene rings is 1. The van der Waals surface area contributed by atoms with E-state index < -0.39 is 0 Å². The first-order valence-electron chi connectivity index (χ1n) is 8.47. The molecule has 3 heterocycles. The van der Waals surface area contributed by atoms with Crippen molar-refractivity contribution in [2.75, 3.05) is 0 Å². The van der Waals surface area contributed by atoms with Crippen molar-refractivity contribution in [1.82, 2.24) is 9.88 Å². The Hall–Kier alpha value is -2.86. The van der Waals surface area contributed by atoms with E-state index in [1.54, 1.807) is 10.6 Å². The minimum atomic E-state index is -0.202. The van der Waals surface area contributed by atoms with E-state index in [4.69, 9.17) is 4.42 Å². The maximum absolute atomic E-state index is 12.8. The molecule has 3 aromatic heterocycles. The average molecular weight is 366 g/mol. The average Bonchev–Trinajstić information content (AvgIpc) is 3.27. The van der Waals surface area contributed by atoms with Gasteiger partial charge in [-0.05, 0) is 38.1 Å². The molecular weight excluding hydrogens is 348 g/mol. The Morgan fingerprint density at radius 1 is 1.19 bits per heavy atom. The van der Waals surface area contributed by atoms with Crippen molar-refractivity contribution in [2.24, 2.45) is 0 Å². The van der Waals surface area contributed by atoms with Gasteiger partial charge >= 0.3 is 0 Å². The molecule has 0 aliphatic rings. The van der Waals surface area contributed by atoms with Crippen LogP contribution in [0.15, 0.2) is 51.7 Å². The van der Waals surface area contributed by atoms with Crippen LogP contribution in [-0.4, -0.2) is 10.5 Å². The van der Waals surface area contributed by atoms with Gasteiger partial charge in [0.1, 0.15) is 11.5 Å². The van der Waals surface area contributed by atoms with Crippen LogP contribution in [0.5, 0.6) is 0 Å². The first-order valence-corrected chi connectivity index (χ1v) is 9.28. The molecule has 0 saturated heterocycles. The summed E-state index contributed by atoms with van der Waals surface area (Å²) >= 11 is 1.35. The first kappa shape index (κ1) is 16.6. The third kappa shape index (κ3) is 2.72. The van der Waals surface area contributed by atoms with Crippen LogP contribution >= 0.6 is 11.3 Å². The monoisotopic (exact) mass is 366 g/mol. The number of aromatic nitrogens is 1. The Bertz CT molecular complexity index is 1180. The second-order valence-electron chi connectivity index (χ2n) is 6.12. The Labute approximate surface area is 153 Å². The zero-order valence-electron chi connectivity index (χ0n) is 14.5. The van der Waals surface area contributed by atoms with Crippen molar-refractivity contribution >= 4 is 38.2 Å². The Morgan fingerprint density at radius 3 is 2.73 bits per heavy atom. The molecule has 0 spiro atoms. The molecule has 1 amide bonds. The van der Waals surface area contributed by atoms with E-state index in [1.807, 2.05) is 50.2 Å². The summed E-state index contributed by atoms with van der Waals surface area (Å²) in [5.41, 5.74) is 0.838. The smallest absolute Gasteiger partial charge is 0.261 e. The van der Waals surface area contributed by atoms with Gasteiger partial charge in [0.25, 0.3) is 11.5 Å². The van der Waals surface area contributed by atoms with Gasteiger partial charge in [-0.15, -0.1) is 11.3 Å². The minimum Gasteiger partial charge on any atom is -0.465 e. The van der Waals surface area contributed by atoms with E-state index in [0.29, 0.717) is 29.1 Å². The summed E-state index contributed by atoms with van der Waals surface area (Å²) in [6, 6.07) is 13.2. The molecular formula is C20H18N2O3S. The number of hydrogen-bond donors (Lipinski definition) is 1. The highest BCUT2D eigenvalue weighted by Gasteiger charge is 2.17. The van der Waals surface area contributed by atoms with Crippen molar-refractivity contribution in [3.05, 3.63) is 69.2 Å². The molecule has 1 N–H and O–H groups in total. The van der Waals surface area contributed by atoms with Crippen LogP contribution in [0.2, 0.25) is 0 Å². The first-order chi connectivity index (χ1) is 12.6. The highest BCUT2D eigenvalue weighted by atomic mass is 32.1. The zero-order valence-corrected chi connectivity index (χ0v) is 15.4. The number of nitrogens with one attached hydrogen (secondary N) is 1. The van der Waals surface area contributed by atoms with Gasteiger partial charge in [0.2, 0.25) is 0 Å². The number of aryl methyl sites for hydroxylation is 2. The lowest BCUT2D eigenvalue weighted by atomic mass is 10.1. The van der Waals surface area contributed by atoms with E-state index in [-0.39, 0.29) is 11.5 Å². The summed E-state index contributed by atoms with van der Waals surface area (Å²) in [6.07, 6.45) is 0. The number of carbonyl (C=O) groups is 1. The van der Waals surface area contributed by atoms with Crippen molar-refractivity contribution in [1.29, 1.82) is 0 Å². The molecule has 0 unspecified atom stereocenters. The van der Waals surface area contributed by atoms with E-state index >= 15 is 0 Å². The van der Waals surface area contributed by atoms with Gasteiger partial charge in [-0.2, -0.15) is 0 Å². The van der Waals surface area contributed by atoms with Gasteiger partial charge in [-0.1, -0.05) is 18.2 Å². The predicted molar refractivity (Wildman–Crippen MR) is 104 cm³/mol. The lowest BCUT2D eigenvalue weighted by Crippen LogP contribution is -2.21. The van der Waals surface area contributed by atoms with Crippen LogP contribution in [-0.2, 0) is 13.1 Å². The highest BCUT2D eigenvalue weighted by molar-refractivity contribution is 7.21. The number of benzene rings is 1.